The van der Waals surface area contributed by atoms with Crippen LogP contribution in [0.3, 0.4) is 0 Å². The van der Waals surface area contributed by atoms with Crippen LogP contribution in [0.5, 0.6) is 0 Å². The molecule has 0 radical (unpaired) electrons. The van der Waals surface area contributed by atoms with E-state index < -0.39 is 5.97 Å². The average Bonchev–Trinajstić information content (AvgIpc) is 2.67. The van der Waals surface area contributed by atoms with Gasteiger partial charge in [-0.15, -0.1) is 6.42 Å². The maximum atomic E-state index is 11.4. The number of carbonyl (C=O) groups is 1. The first-order valence-electron chi connectivity index (χ1n) is 4.54. The number of esters is 1. The van der Waals surface area contributed by atoms with Crippen molar-refractivity contribution in [1.82, 2.24) is 0 Å². The third kappa shape index (κ3) is 3.15. The van der Waals surface area contributed by atoms with Crippen LogP contribution >= 0.6 is 0 Å². The molecular weight excluding hydrogens is 196 g/mol. The Morgan fingerprint density at radius 3 is 3.13 bits per heavy atom. The Hall–Kier alpha value is -1.73. The fourth-order valence-electron chi connectivity index (χ4n) is 1.05. The first kappa shape index (κ1) is 11.3. The monoisotopic (exact) mass is 208 g/mol. The summed E-state index contributed by atoms with van der Waals surface area (Å²) >= 11 is 0. The number of terminal acetylenes is 1. The highest BCUT2D eigenvalue weighted by molar-refractivity contribution is 5.90. The van der Waals surface area contributed by atoms with Gasteiger partial charge in [0.2, 0.25) is 0 Å². The van der Waals surface area contributed by atoms with Crippen molar-refractivity contribution in [3.05, 3.63) is 23.7 Å². The normalized spacial score (nSPS) is 9.60. The lowest BCUT2D eigenvalue weighted by molar-refractivity contribution is 0.0516. The van der Waals surface area contributed by atoms with E-state index in [2.05, 4.69) is 5.92 Å². The average molecular weight is 208 g/mol. The van der Waals surface area contributed by atoms with Crippen molar-refractivity contribution in [3.8, 4) is 12.3 Å². The van der Waals surface area contributed by atoms with Crippen molar-refractivity contribution < 1.29 is 18.7 Å². The first-order valence-corrected chi connectivity index (χ1v) is 4.54. The summed E-state index contributed by atoms with van der Waals surface area (Å²) in [4.78, 5) is 11.4. The number of ether oxygens (including phenoxy) is 2. The van der Waals surface area contributed by atoms with Gasteiger partial charge in [-0.3, -0.25) is 0 Å². The second-order valence-electron chi connectivity index (χ2n) is 2.67. The van der Waals surface area contributed by atoms with Crippen molar-refractivity contribution in [1.29, 1.82) is 0 Å². The van der Waals surface area contributed by atoms with Gasteiger partial charge in [0.25, 0.3) is 0 Å². The topological polar surface area (TPSA) is 48.7 Å². The molecule has 4 heteroatoms. The molecule has 1 heterocycles. The first-order chi connectivity index (χ1) is 7.29. The lowest BCUT2D eigenvalue weighted by Crippen LogP contribution is -2.06. The van der Waals surface area contributed by atoms with E-state index in [1.165, 1.54) is 6.26 Å². The van der Waals surface area contributed by atoms with Crippen LogP contribution in [0.15, 0.2) is 16.7 Å². The third-order valence-electron chi connectivity index (χ3n) is 1.66. The van der Waals surface area contributed by atoms with Gasteiger partial charge in [-0.05, 0) is 13.0 Å². The zero-order chi connectivity index (χ0) is 11.1. The summed E-state index contributed by atoms with van der Waals surface area (Å²) in [7, 11) is 0. The highest BCUT2D eigenvalue weighted by Gasteiger charge is 2.15. The van der Waals surface area contributed by atoms with Gasteiger partial charge < -0.3 is 13.9 Å². The minimum absolute atomic E-state index is 0.172. The molecule has 0 saturated carbocycles. The van der Waals surface area contributed by atoms with Crippen molar-refractivity contribution in [2.24, 2.45) is 0 Å². The molecule has 0 spiro atoms. The number of rotatable bonds is 5. The van der Waals surface area contributed by atoms with Gasteiger partial charge in [0, 0.05) is 0 Å². The largest absolute Gasteiger partial charge is 0.466 e. The Morgan fingerprint density at radius 2 is 2.47 bits per heavy atom. The molecule has 80 valence electrons. The molecule has 1 aromatic rings. The molecule has 0 bridgehead atoms. The van der Waals surface area contributed by atoms with Crippen molar-refractivity contribution in [2.45, 2.75) is 13.5 Å². The Balaban J connectivity index is 2.61. The third-order valence-corrected chi connectivity index (χ3v) is 1.66. The van der Waals surface area contributed by atoms with Crippen LogP contribution in [0.25, 0.3) is 0 Å². The van der Waals surface area contributed by atoms with E-state index in [0.717, 1.165) is 0 Å². The zero-order valence-corrected chi connectivity index (χ0v) is 8.49. The van der Waals surface area contributed by atoms with Crippen LogP contribution < -0.4 is 0 Å². The van der Waals surface area contributed by atoms with Crippen LogP contribution in [0, 0.1) is 12.3 Å². The van der Waals surface area contributed by atoms with Gasteiger partial charge in [-0.2, -0.15) is 0 Å². The molecule has 0 aliphatic carbocycles. The summed E-state index contributed by atoms with van der Waals surface area (Å²) in [5.41, 5.74) is 0.383. The number of hydrogen-bond donors (Lipinski definition) is 0. The zero-order valence-electron chi connectivity index (χ0n) is 8.49. The van der Waals surface area contributed by atoms with E-state index in [0.29, 0.717) is 17.9 Å². The van der Waals surface area contributed by atoms with E-state index >= 15 is 0 Å². The molecule has 0 saturated heterocycles. The molecular formula is C11H12O4. The van der Waals surface area contributed by atoms with Gasteiger partial charge in [0.05, 0.1) is 12.9 Å². The number of furan rings is 1. The Labute approximate surface area is 88.2 Å². The molecule has 0 N–H and O–H groups in total. The fraction of sp³-hybridized carbons (Fsp3) is 0.364. The summed E-state index contributed by atoms with van der Waals surface area (Å²) in [6.45, 7) is 2.43. The molecule has 1 aromatic heterocycles. The minimum atomic E-state index is -0.412. The van der Waals surface area contributed by atoms with Crippen LogP contribution in [-0.4, -0.2) is 19.2 Å². The summed E-state index contributed by atoms with van der Waals surface area (Å²) in [6, 6.07) is 1.55. The smallest absolute Gasteiger partial charge is 0.341 e. The highest BCUT2D eigenvalue weighted by atomic mass is 16.5. The van der Waals surface area contributed by atoms with Crippen LogP contribution in [0.4, 0.5) is 0 Å². The summed E-state index contributed by atoms with van der Waals surface area (Å²) in [5.74, 6) is 2.35. The molecule has 0 aromatic carbocycles. The number of hydrogen-bond acceptors (Lipinski definition) is 4. The lowest BCUT2D eigenvalue weighted by Gasteiger charge is -2.02. The molecule has 0 fully saturated rings. The van der Waals surface area contributed by atoms with Crippen molar-refractivity contribution >= 4 is 5.97 Å². The van der Waals surface area contributed by atoms with Gasteiger partial charge in [-0.25, -0.2) is 4.79 Å². The second kappa shape index (κ2) is 5.89. The standard InChI is InChI=1S/C11H12O4/c1-3-6-13-8-10-9(5-7-15-10)11(12)14-4-2/h1,5,7H,4,6,8H2,2H3. The predicted octanol–water partition coefficient (Wildman–Crippen LogP) is 1.61. The van der Waals surface area contributed by atoms with E-state index in [1.807, 2.05) is 0 Å². The van der Waals surface area contributed by atoms with Crippen molar-refractivity contribution in [3.63, 3.8) is 0 Å². The van der Waals surface area contributed by atoms with Gasteiger partial charge >= 0.3 is 5.97 Å². The molecule has 4 nitrogen and oxygen atoms in total. The van der Waals surface area contributed by atoms with E-state index in [1.54, 1.807) is 13.0 Å². The lowest BCUT2D eigenvalue weighted by atomic mass is 10.2. The predicted molar refractivity (Wildman–Crippen MR) is 53.2 cm³/mol. The quantitative estimate of drug-likeness (QED) is 0.419. The van der Waals surface area contributed by atoms with Gasteiger partial charge in [-0.1, -0.05) is 5.92 Å². The highest BCUT2D eigenvalue weighted by Crippen LogP contribution is 2.13. The fourth-order valence-corrected chi connectivity index (χ4v) is 1.05. The van der Waals surface area contributed by atoms with Crippen molar-refractivity contribution in [2.75, 3.05) is 13.2 Å². The molecule has 0 atom stereocenters. The van der Waals surface area contributed by atoms with E-state index in [-0.39, 0.29) is 13.2 Å². The Morgan fingerprint density at radius 1 is 1.67 bits per heavy atom. The summed E-state index contributed by atoms with van der Waals surface area (Å²) in [5, 5.41) is 0. The van der Waals surface area contributed by atoms with E-state index in [9.17, 15) is 4.79 Å². The maximum Gasteiger partial charge on any atom is 0.341 e. The van der Waals surface area contributed by atoms with Gasteiger partial charge in [0.1, 0.15) is 24.5 Å². The molecule has 0 aliphatic heterocycles. The molecule has 15 heavy (non-hydrogen) atoms. The molecule has 0 unspecified atom stereocenters. The Kier molecular flexibility index (Phi) is 4.45. The van der Waals surface area contributed by atoms with Crippen LogP contribution in [0.1, 0.15) is 23.0 Å². The number of carbonyl (C=O) groups excluding carboxylic acids is 1. The summed E-state index contributed by atoms with van der Waals surface area (Å²) < 4.78 is 15.0. The van der Waals surface area contributed by atoms with E-state index in [4.69, 9.17) is 20.3 Å². The van der Waals surface area contributed by atoms with Gasteiger partial charge in [0.15, 0.2) is 0 Å². The Bertz CT molecular complexity index is 359. The molecule has 0 amide bonds. The second-order valence-corrected chi connectivity index (χ2v) is 2.67. The molecule has 0 aliphatic rings. The molecule has 1 rings (SSSR count). The maximum absolute atomic E-state index is 11.4. The SMILES string of the molecule is C#CCOCc1occc1C(=O)OCC. The summed E-state index contributed by atoms with van der Waals surface area (Å²) in [6.07, 6.45) is 6.43. The van der Waals surface area contributed by atoms with Crippen LogP contribution in [-0.2, 0) is 16.1 Å². The van der Waals surface area contributed by atoms with Crippen LogP contribution in [0.2, 0.25) is 0 Å². The minimum Gasteiger partial charge on any atom is -0.466 e.